The Hall–Kier alpha value is -3.60. The van der Waals surface area contributed by atoms with Crippen LogP contribution in [-0.2, 0) is 59.0 Å². The van der Waals surface area contributed by atoms with Crippen LogP contribution in [0.15, 0.2) is 30.3 Å². The van der Waals surface area contributed by atoms with Crippen molar-refractivity contribution in [3.63, 3.8) is 0 Å². The number of hydrogen-bond donors (Lipinski definition) is 6. The largest absolute Gasteiger partial charge is 0.460 e. The van der Waals surface area contributed by atoms with Gasteiger partial charge in [0, 0.05) is 19.4 Å². The van der Waals surface area contributed by atoms with Gasteiger partial charge in [-0.15, -0.1) is 0 Å². The zero-order valence-electron chi connectivity index (χ0n) is 33.3. The lowest BCUT2D eigenvalue weighted by Crippen LogP contribution is -2.70. The van der Waals surface area contributed by atoms with Gasteiger partial charge in [-0.1, -0.05) is 36.4 Å². The van der Waals surface area contributed by atoms with E-state index in [1.165, 1.54) is 9.96 Å². The molecule has 6 N–H and O–H groups in total. The highest BCUT2D eigenvalue weighted by molar-refractivity contribution is 5.96. The molecule has 6 fully saturated rings. The summed E-state index contributed by atoms with van der Waals surface area (Å²) in [5, 5.41) is 54.1. The average molecular weight is 834 g/mol. The maximum absolute atomic E-state index is 15.1. The first-order chi connectivity index (χ1) is 28.1. The van der Waals surface area contributed by atoms with Gasteiger partial charge >= 0.3 is 11.9 Å². The summed E-state index contributed by atoms with van der Waals surface area (Å²) in [5.74, 6) is -2.03. The number of carbonyl (C=O) groups is 4. The normalized spacial score (nSPS) is 36.0. The maximum Gasteiger partial charge on any atom is 0.327 e. The van der Waals surface area contributed by atoms with Gasteiger partial charge in [0.1, 0.15) is 72.7 Å². The summed E-state index contributed by atoms with van der Waals surface area (Å²) in [4.78, 5) is 63.3. The molecule has 326 valence electrons. The number of rotatable bonds is 14. The number of nitrogens with zero attached hydrogens (tertiary/aromatic N) is 2. The number of likely N-dealkylation sites (tertiary alicyclic amines) is 1. The van der Waals surface area contributed by atoms with Gasteiger partial charge in [-0.2, -0.15) is 5.06 Å². The summed E-state index contributed by atoms with van der Waals surface area (Å²) in [6.45, 7) is 4.45. The van der Waals surface area contributed by atoms with E-state index in [1.807, 2.05) is 18.2 Å². The zero-order chi connectivity index (χ0) is 42.2. The minimum absolute atomic E-state index is 0.0248. The van der Waals surface area contributed by atoms with E-state index in [2.05, 4.69) is 5.32 Å². The fraction of sp³-hybridized carbons (Fsp3) is 0.700. The van der Waals surface area contributed by atoms with Gasteiger partial charge in [-0.05, 0) is 51.2 Å². The maximum atomic E-state index is 15.1. The Labute approximate surface area is 341 Å². The minimum atomic E-state index is -1.56. The Balaban J connectivity index is 1.05. The Kier molecular flexibility index (Phi) is 13.1. The number of esters is 2. The van der Waals surface area contributed by atoms with Gasteiger partial charge in [0.05, 0.1) is 32.4 Å². The third kappa shape index (κ3) is 8.78. The SMILES string of the molecule is CC(C)(C)OC(=O)CC[C@@H](CO)NC(=O)[C@H]1CCCN1C(=O)[C@@]12C[C@H]3OC(=O)[C@@H]1N(Cc1cccc(C=CCO[C@H]4O[C@H](CO)[C@H](O)[C@H](O)[C@H]4O)c1)O[C@@H]2[C@H]1OCO[C@H]13. The van der Waals surface area contributed by atoms with Crippen molar-refractivity contribution in [1.29, 1.82) is 0 Å². The number of benzene rings is 1. The van der Waals surface area contributed by atoms with Crippen molar-refractivity contribution in [2.45, 2.75) is 138 Å². The van der Waals surface area contributed by atoms with Crippen molar-refractivity contribution in [3.8, 4) is 0 Å². The lowest BCUT2D eigenvalue weighted by molar-refractivity contribution is -0.298. The highest BCUT2D eigenvalue weighted by Gasteiger charge is 2.75. The number of carbonyl (C=O) groups excluding carboxylic acids is 4. The molecule has 7 rings (SSSR count). The summed E-state index contributed by atoms with van der Waals surface area (Å²) < 4.78 is 34.1. The molecule has 13 atom stereocenters. The Morgan fingerprint density at radius 2 is 1.86 bits per heavy atom. The second-order valence-electron chi connectivity index (χ2n) is 17.0. The first kappa shape index (κ1) is 43.5. The fourth-order valence-corrected chi connectivity index (χ4v) is 9.07. The molecule has 5 aliphatic heterocycles. The zero-order valence-corrected chi connectivity index (χ0v) is 33.3. The van der Waals surface area contributed by atoms with E-state index in [0.29, 0.717) is 12.8 Å². The average Bonchev–Trinajstić information content (AvgIpc) is 3.96. The van der Waals surface area contributed by atoms with Crippen LogP contribution in [0.5, 0.6) is 0 Å². The molecule has 1 aromatic rings. The summed E-state index contributed by atoms with van der Waals surface area (Å²) in [6.07, 6.45) is -5.62. The van der Waals surface area contributed by atoms with Gasteiger partial charge in [0.15, 0.2) is 12.3 Å². The number of amides is 2. The number of nitrogens with one attached hydrogen (secondary N) is 1. The standard InChI is InChI=1S/C40H55N3O16/c1-39(2,3)58-27(46)12-11-23(18-44)41-35(50)24-10-5-13-42(24)38(52)40-16-25-31-32(55-20-54-31)34(40)59-43(33(40)36(51)56-25)17-22-8-4-7-21(15-22)9-6-14-53-37-30(49)29(48)28(47)26(19-45)57-37/h4,6-9,15,23-26,28-34,37,44-45,47-49H,5,10-14,16-20H2,1-3H3,(H,41,50)/t23-,24+,25+,26+,28-,29-,30+,31-,32-,33-,34+,37-,40-/m0/s1. The molecule has 0 aromatic heterocycles. The van der Waals surface area contributed by atoms with E-state index in [4.69, 9.17) is 33.3 Å². The van der Waals surface area contributed by atoms with Crippen molar-refractivity contribution in [2.75, 3.05) is 33.2 Å². The number of ether oxygens (including phenoxy) is 6. The number of hydrogen-bond acceptors (Lipinski definition) is 17. The molecular formula is C40H55N3O16. The van der Waals surface area contributed by atoms with Crippen molar-refractivity contribution in [1.82, 2.24) is 15.3 Å². The molecule has 6 aliphatic rings. The van der Waals surface area contributed by atoms with Crippen LogP contribution in [0, 0.1) is 5.41 Å². The third-order valence-corrected chi connectivity index (χ3v) is 11.8. The van der Waals surface area contributed by atoms with Crippen LogP contribution in [0.25, 0.3) is 6.08 Å². The first-order valence-corrected chi connectivity index (χ1v) is 20.1. The van der Waals surface area contributed by atoms with Crippen molar-refractivity contribution in [2.24, 2.45) is 5.41 Å². The highest BCUT2D eigenvalue weighted by atomic mass is 16.8. The third-order valence-electron chi connectivity index (χ3n) is 11.8. The molecule has 0 spiro atoms. The molecule has 1 aliphatic carbocycles. The summed E-state index contributed by atoms with van der Waals surface area (Å²) in [6, 6.07) is 4.47. The van der Waals surface area contributed by atoms with Crippen LogP contribution in [0.2, 0.25) is 0 Å². The minimum Gasteiger partial charge on any atom is -0.460 e. The van der Waals surface area contributed by atoms with E-state index < -0.39 is 121 Å². The van der Waals surface area contributed by atoms with Crippen LogP contribution in [0.3, 0.4) is 0 Å². The van der Waals surface area contributed by atoms with Crippen LogP contribution >= 0.6 is 0 Å². The Bertz CT molecular complexity index is 1740. The predicted molar refractivity (Wildman–Crippen MR) is 200 cm³/mol. The second-order valence-corrected chi connectivity index (χ2v) is 17.0. The molecule has 19 nitrogen and oxygen atoms in total. The lowest BCUT2D eigenvalue weighted by Gasteiger charge is -2.50. The highest BCUT2D eigenvalue weighted by Crippen LogP contribution is 2.56. The summed E-state index contributed by atoms with van der Waals surface area (Å²) in [5.41, 5.74) is -0.707. The van der Waals surface area contributed by atoms with Gasteiger partial charge in [-0.25, -0.2) is 0 Å². The smallest absolute Gasteiger partial charge is 0.327 e. The summed E-state index contributed by atoms with van der Waals surface area (Å²) in [7, 11) is 0. The Morgan fingerprint density at radius 3 is 2.61 bits per heavy atom. The molecule has 2 bridgehead atoms. The number of aliphatic hydroxyl groups excluding tert-OH is 5. The van der Waals surface area contributed by atoms with E-state index >= 15 is 4.79 Å². The second kappa shape index (κ2) is 17.8. The molecule has 5 heterocycles. The van der Waals surface area contributed by atoms with E-state index in [-0.39, 0.29) is 45.8 Å². The molecule has 19 heteroatoms. The van der Waals surface area contributed by atoms with Crippen LogP contribution in [0.1, 0.15) is 64.0 Å². The quantitative estimate of drug-likeness (QED) is 0.119. The number of hydroxylamine groups is 2. The molecule has 0 unspecified atom stereocenters. The summed E-state index contributed by atoms with van der Waals surface area (Å²) >= 11 is 0. The van der Waals surface area contributed by atoms with Gasteiger partial charge in [0.25, 0.3) is 0 Å². The van der Waals surface area contributed by atoms with E-state index in [0.717, 1.165) is 11.1 Å². The lowest BCUT2D eigenvalue weighted by atomic mass is 9.62. The number of aliphatic hydroxyl groups is 5. The molecule has 0 radical (unpaired) electrons. The molecule has 1 aromatic carbocycles. The predicted octanol–water partition coefficient (Wildman–Crippen LogP) is -1.35. The van der Waals surface area contributed by atoms with Gasteiger partial charge in [0.2, 0.25) is 11.8 Å². The molecular weight excluding hydrogens is 778 g/mol. The molecule has 2 amide bonds. The van der Waals surface area contributed by atoms with Crippen LogP contribution in [0.4, 0.5) is 0 Å². The van der Waals surface area contributed by atoms with Crippen LogP contribution < -0.4 is 5.32 Å². The van der Waals surface area contributed by atoms with Crippen molar-refractivity contribution >= 4 is 29.8 Å². The Morgan fingerprint density at radius 1 is 1.08 bits per heavy atom. The fourth-order valence-electron chi connectivity index (χ4n) is 9.07. The molecule has 1 saturated carbocycles. The number of fused-ring (bicyclic) bond motifs is 4. The van der Waals surface area contributed by atoms with Crippen LogP contribution in [-0.4, -0.2) is 171 Å². The molecule has 59 heavy (non-hydrogen) atoms. The molecule has 5 saturated heterocycles. The monoisotopic (exact) mass is 833 g/mol. The van der Waals surface area contributed by atoms with E-state index in [9.17, 15) is 39.9 Å². The van der Waals surface area contributed by atoms with Gasteiger partial charge < -0.3 is 64.2 Å². The van der Waals surface area contributed by atoms with E-state index in [1.54, 1.807) is 39.0 Å². The topological polar surface area (TPSA) is 253 Å². The van der Waals surface area contributed by atoms with Crippen molar-refractivity contribution in [3.05, 3.63) is 41.5 Å². The first-order valence-electron chi connectivity index (χ1n) is 20.1. The van der Waals surface area contributed by atoms with Gasteiger partial charge in [-0.3, -0.25) is 24.0 Å². The van der Waals surface area contributed by atoms with Crippen molar-refractivity contribution < 1.29 is 78.0 Å².